The van der Waals surface area contributed by atoms with E-state index in [-0.39, 0.29) is 22.2 Å². The Balaban J connectivity index is 1.99. The van der Waals surface area contributed by atoms with Crippen molar-refractivity contribution in [3.05, 3.63) is 56.1 Å². The van der Waals surface area contributed by atoms with E-state index in [4.69, 9.17) is 38.4 Å². The van der Waals surface area contributed by atoms with E-state index >= 15 is 0 Å². The van der Waals surface area contributed by atoms with Gasteiger partial charge >= 0.3 is 5.97 Å². The van der Waals surface area contributed by atoms with Crippen molar-refractivity contribution < 1.29 is 29.0 Å². The summed E-state index contributed by atoms with van der Waals surface area (Å²) in [6.07, 6.45) is 1.40. The van der Waals surface area contributed by atoms with Gasteiger partial charge in [0, 0.05) is 5.02 Å². The van der Waals surface area contributed by atoms with Gasteiger partial charge in [-0.25, -0.2) is 4.79 Å². The number of halogens is 2. The molecule has 8 nitrogen and oxygen atoms in total. The van der Waals surface area contributed by atoms with Gasteiger partial charge in [0.15, 0.2) is 23.2 Å². The topological polar surface area (TPSA) is 105 Å². The van der Waals surface area contributed by atoms with Crippen molar-refractivity contribution in [3.8, 4) is 11.5 Å². The molecular weight excluding hydrogens is 559 g/mol. The van der Waals surface area contributed by atoms with Crippen molar-refractivity contribution in [1.82, 2.24) is 5.32 Å². The van der Waals surface area contributed by atoms with Gasteiger partial charge in [0.05, 0.1) is 16.4 Å². The van der Waals surface area contributed by atoms with Crippen molar-refractivity contribution >= 4 is 81.1 Å². The first-order valence-electron chi connectivity index (χ1n) is 8.60. The molecule has 1 heterocycles. The first-order valence-corrected chi connectivity index (χ1v) is 10.5. The number of amides is 2. The number of carbonyl (C=O) groups excluding carboxylic acids is 2. The molecule has 0 atom stereocenters. The van der Waals surface area contributed by atoms with E-state index in [1.807, 2.05) is 22.6 Å². The zero-order valence-electron chi connectivity index (χ0n) is 15.8. The SMILES string of the molecule is COc1cc(/C=C2\C(=O)NC(=S)N(c3ccc(Cl)cc3)C2=O)cc(I)c1OCC(=O)O. The Bertz CT molecular complexity index is 1120. The average molecular weight is 573 g/mol. The fraction of sp³-hybridized carbons (Fsp3) is 0.100. The Morgan fingerprint density at radius 2 is 1.97 bits per heavy atom. The molecule has 0 aliphatic carbocycles. The van der Waals surface area contributed by atoms with E-state index in [0.29, 0.717) is 19.8 Å². The number of aliphatic carboxylic acids is 1. The fourth-order valence-electron chi connectivity index (χ4n) is 2.75. The monoisotopic (exact) mass is 572 g/mol. The number of anilines is 1. The maximum absolute atomic E-state index is 13.1. The first-order chi connectivity index (χ1) is 14.7. The van der Waals surface area contributed by atoms with Crippen molar-refractivity contribution in [2.45, 2.75) is 0 Å². The molecule has 0 spiro atoms. The second-order valence-corrected chi connectivity index (χ2v) is 8.14. The third-order valence-corrected chi connectivity index (χ3v) is 5.43. The molecule has 2 amide bonds. The zero-order valence-corrected chi connectivity index (χ0v) is 19.6. The number of carboxylic acids is 1. The second kappa shape index (κ2) is 9.62. The molecule has 1 aliphatic rings. The van der Waals surface area contributed by atoms with Crippen molar-refractivity contribution in [2.24, 2.45) is 0 Å². The lowest BCUT2D eigenvalue weighted by Crippen LogP contribution is -2.54. The fourth-order valence-corrected chi connectivity index (χ4v) is 3.93. The van der Waals surface area contributed by atoms with Crippen LogP contribution in [0.2, 0.25) is 5.02 Å². The Morgan fingerprint density at radius 3 is 2.58 bits per heavy atom. The van der Waals surface area contributed by atoms with Crippen LogP contribution in [0.3, 0.4) is 0 Å². The molecule has 0 bridgehead atoms. The number of carboxylic acid groups (broad SMARTS) is 1. The molecule has 1 aliphatic heterocycles. The predicted octanol–water partition coefficient (Wildman–Crippen LogP) is 3.25. The average Bonchev–Trinajstić information content (AvgIpc) is 2.71. The summed E-state index contributed by atoms with van der Waals surface area (Å²) in [5.41, 5.74) is 0.793. The highest BCUT2D eigenvalue weighted by atomic mass is 127. The van der Waals surface area contributed by atoms with Crippen LogP contribution in [0.5, 0.6) is 11.5 Å². The molecule has 2 N–H and O–H groups in total. The van der Waals surface area contributed by atoms with Crippen molar-refractivity contribution in [3.63, 3.8) is 0 Å². The Labute approximate surface area is 200 Å². The quantitative estimate of drug-likeness (QED) is 0.237. The van der Waals surface area contributed by atoms with Gasteiger partial charge in [0.1, 0.15) is 5.57 Å². The smallest absolute Gasteiger partial charge is 0.341 e. The van der Waals surface area contributed by atoms with Gasteiger partial charge in [-0.2, -0.15) is 0 Å². The van der Waals surface area contributed by atoms with Gasteiger partial charge in [-0.1, -0.05) is 11.6 Å². The minimum absolute atomic E-state index is 0.0425. The molecule has 2 aromatic rings. The first kappa shape index (κ1) is 23.0. The number of nitrogens with zero attached hydrogens (tertiary/aromatic N) is 1. The van der Waals surface area contributed by atoms with Crippen LogP contribution in [-0.4, -0.2) is 41.7 Å². The summed E-state index contributed by atoms with van der Waals surface area (Å²) in [5.74, 6) is -1.87. The van der Waals surface area contributed by atoms with E-state index in [1.54, 1.807) is 30.3 Å². The van der Waals surface area contributed by atoms with E-state index in [0.717, 1.165) is 0 Å². The van der Waals surface area contributed by atoms with Gasteiger partial charge in [-0.05, 0) is 82.8 Å². The normalized spacial score (nSPS) is 15.1. The van der Waals surface area contributed by atoms with Crippen LogP contribution in [-0.2, 0) is 14.4 Å². The van der Waals surface area contributed by atoms with Crippen LogP contribution >= 0.6 is 46.4 Å². The van der Waals surface area contributed by atoms with E-state index < -0.39 is 24.4 Å². The summed E-state index contributed by atoms with van der Waals surface area (Å²) in [6, 6.07) is 9.61. The Kier molecular flexibility index (Phi) is 7.13. The minimum Gasteiger partial charge on any atom is -0.493 e. The lowest BCUT2D eigenvalue weighted by atomic mass is 10.1. The lowest BCUT2D eigenvalue weighted by Gasteiger charge is -2.29. The molecule has 160 valence electrons. The maximum Gasteiger partial charge on any atom is 0.341 e. The Hall–Kier alpha value is -2.70. The van der Waals surface area contributed by atoms with Crippen LogP contribution in [0, 0.1) is 3.57 Å². The standard InChI is InChI=1S/C20H14ClIN2O6S/c1-29-15-8-10(7-14(22)17(15)30-9-16(25)26)6-13-18(27)23-20(31)24(19(13)28)12-4-2-11(21)3-5-12/h2-8H,9H2,1H3,(H,25,26)(H,23,27,31)/b13-6+. The molecule has 0 saturated carbocycles. The lowest BCUT2D eigenvalue weighted by molar-refractivity contribution is -0.139. The van der Waals surface area contributed by atoms with Crippen LogP contribution < -0.4 is 19.7 Å². The summed E-state index contributed by atoms with van der Waals surface area (Å²) in [6.45, 7) is -0.540. The highest BCUT2D eigenvalue weighted by Gasteiger charge is 2.34. The number of thiocarbonyl (C=S) groups is 1. The van der Waals surface area contributed by atoms with E-state index in [1.165, 1.54) is 24.2 Å². The minimum atomic E-state index is -1.13. The molecule has 1 saturated heterocycles. The summed E-state index contributed by atoms with van der Waals surface area (Å²) in [5, 5.41) is 11.8. The molecule has 2 aromatic carbocycles. The second-order valence-electron chi connectivity index (χ2n) is 6.15. The molecular formula is C20H14ClIN2O6S. The summed E-state index contributed by atoms with van der Waals surface area (Å²) >= 11 is 13.0. The molecule has 0 radical (unpaired) electrons. The number of hydrogen-bond acceptors (Lipinski definition) is 6. The number of rotatable bonds is 6. The molecule has 1 fully saturated rings. The number of nitrogens with one attached hydrogen (secondary N) is 1. The Morgan fingerprint density at radius 1 is 1.29 bits per heavy atom. The maximum atomic E-state index is 13.1. The molecule has 31 heavy (non-hydrogen) atoms. The van der Waals surface area contributed by atoms with Crippen LogP contribution in [0.4, 0.5) is 5.69 Å². The molecule has 3 rings (SSSR count). The number of benzene rings is 2. The number of carbonyl (C=O) groups is 3. The highest BCUT2D eigenvalue weighted by molar-refractivity contribution is 14.1. The van der Waals surface area contributed by atoms with Crippen LogP contribution in [0.25, 0.3) is 6.08 Å². The third kappa shape index (κ3) is 5.14. The van der Waals surface area contributed by atoms with Crippen molar-refractivity contribution in [1.29, 1.82) is 0 Å². The summed E-state index contributed by atoms with van der Waals surface area (Å²) in [4.78, 5) is 37.5. The van der Waals surface area contributed by atoms with Gasteiger partial charge < -0.3 is 14.6 Å². The molecule has 11 heteroatoms. The van der Waals surface area contributed by atoms with Gasteiger partial charge in [-0.15, -0.1) is 0 Å². The molecule has 0 aromatic heterocycles. The van der Waals surface area contributed by atoms with E-state index in [9.17, 15) is 14.4 Å². The summed E-state index contributed by atoms with van der Waals surface area (Å²) in [7, 11) is 1.40. The molecule has 0 unspecified atom stereocenters. The zero-order chi connectivity index (χ0) is 22.7. The number of methoxy groups -OCH3 is 1. The number of hydrogen-bond donors (Lipinski definition) is 2. The van der Waals surface area contributed by atoms with Gasteiger partial charge in [-0.3, -0.25) is 19.8 Å². The third-order valence-electron chi connectivity index (χ3n) is 4.09. The van der Waals surface area contributed by atoms with E-state index in [2.05, 4.69) is 5.32 Å². The van der Waals surface area contributed by atoms with Crippen LogP contribution in [0.15, 0.2) is 42.0 Å². The summed E-state index contributed by atoms with van der Waals surface area (Å²) < 4.78 is 11.1. The van der Waals surface area contributed by atoms with Crippen molar-refractivity contribution in [2.75, 3.05) is 18.6 Å². The number of ether oxygens (including phenoxy) is 2. The van der Waals surface area contributed by atoms with Gasteiger partial charge in [0.25, 0.3) is 11.8 Å². The highest BCUT2D eigenvalue weighted by Crippen LogP contribution is 2.35. The van der Waals surface area contributed by atoms with Crippen LogP contribution in [0.1, 0.15) is 5.56 Å². The predicted molar refractivity (Wildman–Crippen MR) is 126 cm³/mol. The largest absolute Gasteiger partial charge is 0.493 e. The van der Waals surface area contributed by atoms with Gasteiger partial charge in [0.2, 0.25) is 0 Å².